The van der Waals surface area contributed by atoms with Crippen LogP contribution in [0.1, 0.15) is 37.1 Å². The van der Waals surface area contributed by atoms with E-state index < -0.39 is 0 Å². The first-order valence-corrected chi connectivity index (χ1v) is 8.39. The zero-order chi connectivity index (χ0) is 15.2. The van der Waals surface area contributed by atoms with Gasteiger partial charge in [-0.25, -0.2) is 0 Å². The Morgan fingerprint density at radius 2 is 2.19 bits per heavy atom. The summed E-state index contributed by atoms with van der Waals surface area (Å²) in [6.45, 7) is 2.92. The van der Waals surface area contributed by atoms with Crippen molar-refractivity contribution < 1.29 is 14.3 Å². The molecule has 1 aliphatic rings. The van der Waals surface area contributed by atoms with Crippen LogP contribution in [0.3, 0.4) is 0 Å². The van der Waals surface area contributed by atoms with Gasteiger partial charge >= 0.3 is 0 Å². The van der Waals surface area contributed by atoms with Crippen LogP contribution in [0.25, 0.3) is 0 Å². The molecule has 116 valence electrons. The number of carbonyl (C=O) groups is 1. The predicted octanol–water partition coefficient (Wildman–Crippen LogP) is 3.47. The molecule has 1 aromatic rings. The van der Waals surface area contributed by atoms with Gasteiger partial charge in [0.2, 0.25) is 5.91 Å². The Morgan fingerprint density at radius 1 is 1.38 bits per heavy atom. The number of nitrogens with zero attached hydrogens (tertiary/aromatic N) is 1. The van der Waals surface area contributed by atoms with E-state index in [-0.39, 0.29) is 11.3 Å². The molecule has 0 saturated carbocycles. The van der Waals surface area contributed by atoms with E-state index >= 15 is 0 Å². The number of amides is 1. The fourth-order valence-corrected chi connectivity index (χ4v) is 3.78. The molecule has 0 bridgehead atoms. The zero-order valence-corrected chi connectivity index (χ0v) is 13.7. The first kappa shape index (κ1) is 16.0. The fourth-order valence-electron chi connectivity index (χ4n) is 2.48. The summed E-state index contributed by atoms with van der Waals surface area (Å²) in [6, 6.07) is 5.80. The van der Waals surface area contributed by atoms with Crippen LogP contribution in [0.4, 0.5) is 0 Å². The van der Waals surface area contributed by atoms with Crippen LogP contribution in [0.2, 0.25) is 0 Å². The minimum Gasteiger partial charge on any atom is -0.497 e. The molecule has 1 heterocycles. The smallest absolute Gasteiger partial charge is 0.223 e. The average molecular weight is 309 g/mol. The molecule has 1 amide bonds. The lowest BCUT2D eigenvalue weighted by Gasteiger charge is -2.25. The largest absolute Gasteiger partial charge is 0.497 e. The normalized spacial score (nSPS) is 17.9. The van der Waals surface area contributed by atoms with Crippen LogP contribution in [-0.2, 0) is 4.79 Å². The summed E-state index contributed by atoms with van der Waals surface area (Å²) < 4.78 is 10.7. The molecule has 1 saturated heterocycles. The van der Waals surface area contributed by atoms with Crippen molar-refractivity contribution in [2.24, 2.45) is 0 Å². The summed E-state index contributed by atoms with van der Waals surface area (Å²) in [5, 5.41) is 0.0511. The van der Waals surface area contributed by atoms with Gasteiger partial charge in [-0.1, -0.05) is 13.3 Å². The van der Waals surface area contributed by atoms with Crippen LogP contribution < -0.4 is 9.47 Å². The minimum absolute atomic E-state index is 0.0511. The van der Waals surface area contributed by atoms with Crippen LogP contribution >= 0.6 is 11.8 Å². The summed E-state index contributed by atoms with van der Waals surface area (Å²) >= 11 is 1.79. The van der Waals surface area contributed by atoms with Gasteiger partial charge in [0.05, 0.1) is 14.2 Å². The maximum absolute atomic E-state index is 12.4. The molecule has 1 aromatic carbocycles. The Labute approximate surface area is 130 Å². The van der Waals surface area contributed by atoms with Crippen molar-refractivity contribution in [2.75, 3.05) is 26.5 Å². The Kier molecular flexibility index (Phi) is 5.79. The molecule has 1 fully saturated rings. The first-order chi connectivity index (χ1) is 10.2. The third-order valence-corrected chi connectivity index (χ3v) is 4.90. The Morgan fingerprint density at radius 3 is 2.86 bits per heavy atom. The second-order valence-electron chi connectivity index (χ2n) is 5.02. The molecule has 1 aliphatic heterocycles. The van der Waals surface area contributed by atoms with E-state index in [9.17, 15) is 4.79 Å². The van der Waals surface area contributed by atoms with Crippen LogP contribution in [0, 0.1) is 0 Å². The van der Waals surface area contributed by atoms with Gasteiger partial charge in [-0.2, -0.15) is 0 Å². The maximum Gasteiger partial charge on any atom is 0.223 e. The number of carbonyl (C=O) groups excluding carboxylic acids is 1. The number of ether oxygens (including phenoxy) is 2. The molecule has 0 unspecified atom stereocenters. The average Bonchev–Trinajstić information content (AvgIpc) is 3.01. The number of benzene rings is 1. The molecule has 0 radical (unpaired) electrons. The highest BCUT2D eigenvalue weighted by atomic mass is 32.2. The number of methoxy groups -OCH3 is 2. The fraction of sp³-hybridized carbons (Fsp3) is 0.562. The van der Waals surface area contributed by atoms with E-state index in [0.29, 0.717) is 6.42 Å². The van der Waals surface area contributed by atoms with Crippen molar-refractivity contribution in [2.45, 2.75) is 31.6 Å². The summed E-state index contributed by atoms with van der Waals surface area (Å²) in [5.74, 6) is 2.76. The highest BCUT2D eigenvalue weighted by molar-refractivity contribution is 7.99. The molecule has 0 N–H and O–H groups in total. The van der Waals surface area contributed by atoms with E-state index in [1.165, 1.54) is 0 Å². The summed E-state index contributed by atoms with van der Waals surface area (Å²) in [5.41, 5.74) is 1.05. The van der Waals surface area contributed by atoms with Gasteiger partial charge in [0, 0.05) is 30.3 Å². The summed E-state index contributed by atoms with van der Waals surface area (Å²) in [4.78, 5) is 14.3. The van der Waals surface area contributed by atoms with E-state index in [2.05, 4.69) is 6.92 Å². The second kappa shape index (κ2) is 7.59. The first-order valence-electron chi connectivity index (χ1n) is 7.34. The summed E-state index contributed by atoms with van der Waals surface area (Å²) in [6.07, 6.45) is 2.63. The van der Waals surface area contributed by atoms with Crippen molar-refractivity contribution in [3.8, 4) is 11.5 Å². The number of thioether (sulfide) groups is 1. The van der Waals surface area contributed by atoms with E-state index in [0.717, 1.165) is 42.2 Å². The highest BCUT2D eigenvalue weighted by Gasteiger charge is 2.32. The Bertz CT molecular complexity index is 492. The van der Waals surface area contributed by atoms with Crippen molar-refractivity contribution in [1.82, 2.24) is 4.90 Å². The molecule has 5 heteroatoms. The number of rotatable bonds is 6. The predicted molar refractivity (Wildman–Crippen MR) is 86.0 cm³/mol. The third kappa shape index (κ3) is 3.64. The molecule has 21 heavy (non-hydrogen) atoms. The molecule has 0 aromatic heterocycles. The third-order valence-electron chi connectivity index (χ3n) is 3.66. The van der Waals surface area contributed by atoms with Crippen molar-refractivity contribution in [3.05, 3.63) is 23.8 Å². The molecular formula is C16H23NO3S. The zero-order valence-electron chi connectivity index (χ0n) is 12.9. The lowest BCUT2D eigenvalue weighted by Crippen LogP contribution is -2.30. The van der Waals surface area contributed by atoms with Gasteiger partial charge in [-0.3, -0.25) is 4.79 Å². The monoisotopic (exact) mass is 309 g/mol. The van der Waals surface area contributed by atoms with Gasteiger partial charge in [0.25, 0.3) is 0 Å². The number of unbranched alkanes of at least 4 members (excludes halogenated alkanes) is 1. The van der Waals surface area contributed by atoms with Crippen molar-refractivity contribution in [1.29, 1.82) is 0 Å². The Balaban J connectivity index is 2.21. The number of hydrogen-bond donors (Lipinski definition) is 0. The van der Waals surface area contributed by atoms with Crippen molar-refractivity contribution >= 4 is 17.7 Å². The van der Waals surface area contributed by atoms with Crippen LogP contribution in [0.5, 0.6) is 11.5 Å². The van der Waals surface area contributed by atoms with Gasteiger partial charge in [-0.15, -0.1) is 11.8 Å². The topological polar surface area (TPSA) is 38.8 Å². The second-order valence-corrected chi connectivity index (χ2v) is 6.21. The highest BCUT2D eigenvalue weighted by Crippen LogP contribution is 2.43. The number of hydrogen-bond acceptors (Lipinski definition) is 4. The summed E-state index contributed by atoms with van der Waals surface area (Å²) in [7, 11) is 3.29. The van der Waals surface area contributed by atoms with Crippen LogP contribution in [0.15, 0.2) is 18.2 Å². The Hall–Kier alpha value is -1.36. The molecule has 2 rings (SSSR count). The van der Waals surface area contributed by atoms with Gasteiger partial charge in [0.1, 0.15) is 16.9 Å². The molecule has 0 aliphatic carbocycles. The molecule has 1 atom stereocenters. The van der Waals surface area contributed by atoms with Gasteiger partial charge < -0.3 is 14.4 Å². The molecule has 4 nitrogen and oxygen atoms in total. The molecule has 0 spiro atoms. The SMILES string of the molecule is CCCCC(=O)N1CCS[C@H]1c1ccc(OC)cc1OC. The lowest BCUT2D eigenvalue weighted by atomic mass is 10.1. The standard InChI is InChI=1S/C16H23NO3S/c1-4-5-6-15(18)17-9-10-21-16(17)13-8-7-12(19-2)11-14(13)20-3/h7-8,11,16H,4-6,9-10H2,1-3H3/t16-/m0/s1. The maximum atomic E-state index is 12.4. The van der Waals surface area contributed by atoms with Gasteiger partial charge in [0.15, 0.2) is 0 Å². The van der Waals surface area contributed by atoms with E-state index in [1.54, 1.807) is 26.0 Å². The van der Waals surface area contributed by atoms with E-state index in [4.69, 9.17) is 9.47 Å². The minimum atomic E-state index is 0.0511. The van der Waals surface area contributed by atoms with Crippen molar-refractivity contribution in [3.63, 3.8) is 0 Å². The van der Waals surface area contributed by atoms with Crippen LogP contribution in [-0.4, -0.2) is 37.3 Å². The molecular weight excluding hydrogens is 286 g/mol. The quantitative estimate of drug-likeness (QED) is 0.806. The lowest BCUT2D eigenvalue weighted by molar-refractivity contribution is -0.131. The van der Waals surface area contributed by atoms with E-state index in [1.807, 2.05) is 23.1 Å². The van der Waals surface area contributed by atoms with Gasteiger partial charge in [-0.05, 0) is 18.6 Å².